The molecule has 0 saturated heterocycles. The molecule has 0 aliphatic carbocycles. The Morgan fingerprint density at radius 2 is 1.19 bits per heavy atom. The lowest BCUT2D eigenvalue weighted by Crippen LogP contribution is -2.62. The Kier molecular flexibility index (Phi) is 3.99. The van der Waals surface area contributed by atoms with E-state index in [0.29, 0.717) is 0 Å². The Balaban J connectivity index is 5.59. The molecule has 0 rings (SSSR count). The fourth-order valence-electron chi connectivity index (χ4n) is 0.926. The second-order valence-corrected chi connectivity index (χ2v) is 3.10. The van der Waals surface area contributed by atoms with Crippen molar-refractivity contribution < 1.29 is 38.9 Å². The number of aliphatic carboxylic acids is 2. The first kappa shape index (κ1) is 13.9. The van der Waals surface area contributed by atoms with Crippen molar-refractivity contribution in [1.82, 2.24) is 0 Å². The highest BCUT2D eigenvalue weighted by molar-refractivity contribution is 5.92. The third-order valence-electron chi connectivity index (χ3n) is 2.29. The minimum absolute atomic E-state index is 0.233. The molecule has 0 aliphatic rings. The topological polar surface area (TPSA) is 127 Å². The van der Waals surface area contributed by atoms with Crippen LogP contribution in [0.5, 0.6) is 0 Å². The number of carboxylic acid groups (broad SMARTS) is 2. The van der Waals surface area contributed by atoms with Crippen LogP contribution in [0.4, 0.5) is 0 Å². The summed E-state index contributed by atoms with van der Waals surface area (Å²) in [5.74, 6) is -3.52. The molecule has 8 nitrogen and oxygen atoms in total. The molecule has 0 bridgehead atoms. The molecule has 0 spiro atoms. The zero-order valence-corrected chi connectivity index (χ0v) is 8.50. The van der Waals surface area contributed by atoms with Crippen LogP contribution in [0.3, 0.4) is 0 Å². The number of carbonyl (C=O) groups is 4. The molecule has 0 amide bonds. The molecule has 2 unspecified atom stereocenters. The van der Waals surface area contributed by atoms with Crippen LogP contribution >= 0.6 is 0 Å². The van der Waals surface area contributed by atoms with Gasteiger partial charge in [-0.05, 0) is 13.8 Å². The third kappa shape index (κ3) is 1.95. The zero-order valence-electron chi connectivity index (χ0n) is 8.50. The summed E-state index contributed by atoms with van der Waals surface area (Å²) in [5, 5.41) is 17.7. The molecule has 16 heavy (non-hydrogen) atoms. The van der Waals surface area contributed by atoms with E-state index < -0.39 is 23.1 Å². The van der Waals surface area contributed by atoms with Gasteiger partial charge in [0.25, 0.3) is 24.1 Å². The average Bonchev–Trinajstić information content (AvgIpc) is 2.17. The molecule has 2 atom stereocenters. The van der Waals surface area contributed by atoms with Crippen molar-refractivity contribution in [1.29, 1.82) is 0 Å². The molecule has 2 N–H and O–H groups in total. The normalized spacial score (nSPS) is 17.4. The molecule has 90 valence electrons. The Morgan fingerprint density at radius 3 is 1.31 bits per heavy atom. The maximum atomic E-state index is 10.9. The monoisotopic (exact) mass is 234 g/mol. The average molecular weight is 234 g/mol. The Labute approximate surface area is 89.8 Å². The van der Waals surface area contributed by atoms with E-state index in [1.807, 2.05) is 0 Å². The molecule has 0 aromatic carbocycles. The van der Waals surface area contributed by atoms with Crippen LogP contribution in [0.2, 0.25) is 0 Å². The summed E-state index contributed by atoms with van der Waals surface area (Å²) in [6.07, 6.45) is 0. The van der Waals surface area contributed by atoms with E-state index in [4.69, 9.17) is 10.2 Å². The maximum Gasteiger partial charge on any atom is 0.352 e. The third-order valence-corrected chi connectivity index (χ3v) is 2.29. The van der Waals surface area contributed by atoms with Crippen LogP contribution in [0, 0.1) is 0 Å². The molecule has 0 aromatic heterocycles. The van der Waals surface area contributed by atoms with Gasteiger partial charge in [0, 0.05) is 0 Å². The van der Waals surface area contributed by atoms with E-state index in [1.165, 1.54) is 0 Å². The van der Waals surface area contributed by atoms with Crippen LogP contribution in [0.15, 0.2) is 0 Å². The lowest BCUT2D eigenvalue weighted by molar-refractivity contribution is -0.213. The van der Waals surface area contributed by atoms with Crippen LogP contribution in [-0.2, 0) is 28.7 Å². The second kappa shape index (κ2) is 4.60. The quantitative estimate of drug-likeness (QED) is 0.538. The van der Waals surface area contributed by atoms with Gasteiger partial charge in [0.15, 0.2) is 0 Å². The van der Waals surface area contributed by atoms with Crippen molar-refractivity contribution >= 4 is 24.9 Å². The van der Waals surface area contributed by atoms with Gasteiger partial charge in [-0.1, -0.05) is 0 Å². The van der Waals surface area contributed by atoms with Gasteiger partial charge in [-0.15, -0.1) is 0 Å². The minimum atomic E-state index is -2.53. The van der Waals surface area contributed by atoms with Crippen LogP contribution in [0.1, 0.15) is 13.8 Å². The maximum absolute atomic E-state index is 10.9. The SMILES string of the molecule is CC(OC=O)(C(=O)O)C(C)(OC=O)C(=O)O. The number of carboxylic acids is 2. The summed E-state index contributed by atoms with van der Waals surface area (Å²) in [4.78, 5) is 42.1. The Bertz CT molecular complexity index is 292. The van der Waals surface area contributed by atoms with Crippen molar-refractivity contribution in [2.24, 2.45) is 0 Å². The predicted molar refractivity (Wildman–Crippen MR) is 46.4 cm³/mol. The van der Waals surface area contributed by atoms with E-state index in [1.54, 1.807) is 0 Å². The van der Waals surface area contributed by atoms with Gasteiger partial charge < -0.3 is 19.7 Å². The number of carbonyl (C=O) groups excluding carboxylic acids is 2. The van der Waals surface area contributed by atoms with Crippen LogP contribution < -0.4 is 0 Å². The number of ether oxygens (including phenoxy) is 2. The molecule has 0 radical (unpaired) electrons. The first-order valence-electron chi connectivity index (χ1n) is 3.96. The Hall–Kier alpha value is -2.12. The van der Waals surface area contributed by atoms with Crippen molar-refractivity contribution in [3.63, 3.8) is 0 Å². The van der Waals surface area contributed by atoms with E-state index in [0.717, 1.165) is 13.8 Å². The summed E-state index contributed by atoms with van der Waals surface area (Å²) in [6.45, 7) is 1.15. The predicted octanol–water partition coefficient (Wildman–Crippen LogP) is -0.981. The van der Waals surface area contributed by atoms with Gasteiger partial charge >= 0.3 is 11.9 Å². The van der Waals surface area contributed by atoms with Gasteiger partial charge in [-0.3, -0.25) is 9.59 Å². The number of hydrogen-bond acceptors (Lipinski definition) is 6. The zero-order chi connectivity index (χ0) is 13.0. The standard InChI is InChI=1S/C8H10O8/c1-7(5(11)12,15-3-9)8(2,6(13)14)16-4-10/h3-4H,1-2H3,(H,11,12)(H,13,14). The second-order valence-electron chi connectivity index (χ2n) is 3.10. The Morgan fingerprint density at radius 1 is 0.938 bits per heavy atom. The van der Waals surface area contributed by atoms with Gasteiger partial charge in [-0.25, -0.2) is 9.59 Å². The van der Waals surface area contributed by atoms with Gasteiger partial charge in [0.05, 0.1) is 0 Å². The first-order chi connectivity index (χ1) is 7.26. The molecule has 0 aliphatic heterocycles. The molecular weight excluding hydrogens is 224 g/mol. The minimum Gasteiger partial charge on any atom is -0.478 e. The van der Waals surface area contributed by atoms with E-state index in [-0.39, 0.29) is 12.9 Å². The van der Waals surface area contributed by atoms with E-state index >= 15 is 0 Å². The van der Waals surface area contributed by atoms with Gasteiger partial charge in [0.2, 0.25) is 0 Å². The summed E-state index contributed by atoms with van der Waals surface area (Å²) >= 11 is 0. The van der Waals surface area contributed by atoms with E-state index in [9.17, 15) is 19.2 Å². The molecule has 0 heterocycles. The highest BCUT2D eigenvalue weighted by Gasteiger charge is 2.61. The number of hydrogen-bond donors (Lipinski definition) is 2. The smallest absolute Gasteiger partial charge is 0.352 e. The summed E-state index contributed by atoms with van der Waals surface area (Å²) in [6, 6.07) is 0. The van der Waals surface area contributed by atoms with Crippen molar-refractivity contribution in [2.75, 3.05) is 0 Å². The lowest BCUT2D eigenvalue weighted by Gasteiger charge is -2.35. The van der Waals surface area contributed by atoms with E-state index in [2.05, 4.69) is 9.47 Å². The fourth-order valence-corrected chi connectivity index (χ4v) is 0.926. The highest BCUT2D eigenvalue weighted by atomic mass is 16.6. The first-order valence-corrected chi connectivity index (χ1v) is 3.96. The molecule has 8 heteroatoms. The number of rotatable bonds is 7. The van der Waals surface area contributed by atoms with Gasteiger partial charge in [0.1, 0.15) is 0 Å². The van der Waals surface area contributed by atoms with Crippen LogP contribution in [0.25, 0.3) is 0 Å². The highest BCUT2D eigenvalue weighted by Crippen LogP contribution is 2.29. The molecule has 0 aromatic rings. The molecular formula is C8H10O8. The summed E-state index contributed by atoms with van der Waals surface area (Å²) in [7, 11) is 0. The van der Waals surface area contributed by atoms with Crippen molar-refractivity contribution in [3.8, 4) is 0 Å². The molecule has 0 fully saturated rings. The van der Waals surface area contributed by atoms with Crippen molar-refractivity contribution in [3.05, 3.63) is 0 Å². The molecule has 0 saturated carbocycles. The summed E-state index contributed by atoms with van der Waals surface area (Å²) < 4.78 is 8.45. The van der Waals surface area contributed by atoms with Crippen LogP contribution in [-0.4, -0.2) is 46.3 Å². The van der Waals surface area contributed by atoms with Crippen molar-refractivity contribution in [2.45, 2.75) is 25.0 Å². The largest absolute Gasteiger partial charge is 0.478 e. The lowest BCUT2D eigenvalue weighted by atomic mass is 9.85. The fraction of sp³-hybridized carbons (Fsp3) is 0.500. The van der Waals surface area contributed by atoms with Gasteiger partial charge in [-0.2, -0.15) is 0 Å². The summed E-state index contributed by atoms with van der Waals surface area (Å²) in [5.41, 5.74) is -5.05.